The van der Waals surface area contributed by atoms with E-state index in [-0.39, 0.29) is 39.7 Å². The highest BCUT2D eigenvalue weighted by Gasteiger charge is 2.66. The summed E-state index contributed by atoms with van der Waals surface area (Å²) in [5.74, 6) is -1.05. The number of carboxylic acids is 1. The average molecular weight is 529 g/mol. The van der Waals surface area contributed by atoms with Gasteiger partial charge in [-0.1, -0.05) is 71.8 Å². The number of aliphatic hydroxyl groups excluding tert-OH is 1. The Kier molecular flexibility index (Phi) is 7.56. The summed E-state index contributed by atoms with van der Waals surface area (Å²) in [7, 11) is 0. The Morgan fingerprint density at radius 1 is 1.05 bits per heavy atom. The minimum absolute atomic E-state index is 0.0440. The third-order valence-electron chi connectivity index (χ3n) is 12.4. The second-order valence-corrected chi connectivity index (χ2v) is 14.8. The van der Waals surface area contributed by atoms with Crippen molar-refractivity contribution in [1.82, 2.24) is 0 Å². The summed E-state index contributed by atoms with van der Waals surface area (Å²) in [5.41, 5.74) is 3.62. The normalized spacial score (nSPS) is 40.7. The van der Waals surface area contributed by atoms with Gasteiger partial charge in [-0.3, -0.25) is 9.59 Å². The van der Waals surface area contributed by atoms with Crippen molar-refractivity contribution in [2.45, 2.75) is 125 Å². The van der Waals surface area contributed by atoms with Gasteiger partial charge in [0.15, 0.2) is 0 Å². The van der Waals surface area contributed by atoms with E-state index in [9.17, 15) is 19.8 Å². The number of hydrogen-bond donors (Lipinski definition) is 2. The van der Waals surface area contributed by atoms with Gasteiger partial charge in [-0.05, 0) is 85.9 Å². The molecule has 2 fully saturated rings. The Hall–Kier alpha value is -1.62. The van der Waals surface area contributed by atoms with Crippen molar-refractivity contribution >= 4 is 11.9 Å². The van der Waals surface area contributed by atoms with E-state index in [2.05, 4.69) is 55.0 Å². The fourth-order valence-electron chi connectivity index (χ4n) is 9.98. The molecule has 4 rings (SSSR count). The molecule has 2 N–H and O–H groups in total. The zero-order valence-electron chi connectivity index (χ0n) is 25.2. The first-order valence-electron chi connectivity index (χ1n) is 15.0. The topological polar surface area (TPSA) is 83.8 Å². The van der Waals surface area contributed by atoms with Crippen molar-refractivity contribution in [3.63, 3.8) is 0 Å². The smallest absolute Gasteiger partial charge is 0.306 e. The number of fused-ring (bicyclic) bond motifs is 4. The molecule has 0 aromatic rings. The number of esters is 1. The molecule has 0 saturated heterocycles. The van der Waals surface area contributed by atoms with Crippen LogP contribution in [0.3, 0.4) is 0 Å². The molecule has 2 saturated carbocycles. The van der Waals surface area contributed by atoms with Crippen LogP contribution in [-0.2, 0) is 14.3 Å². The summed E-state index contributed by atoms with van der Waals surface area (Å²) in [6.45, 7) is 21.5. The van der Waals surface area contributed by atoms with E-state index < -0.39 is 18.0 Å². The summed E-state index contributed by atoms with van der Waals surface area (Å²) in [6, 6.07) is 0. The molecule has 8 atom stereocenters. The largest absolute Gasteiger partial charge is 0.481 e. The average Bonchev–Trinajstić information content (AvgIpc) is 3.01. The van der Waals surface area contributed by atoms with Crippen molar-refractivity contribution in [3.8, 4) is 0 Å². The minimum atomic E-state index is -0.780. The number of carboxylic acid groups (broad SMARTS) is 1. The Bertz CT molecular complexity index is 1020. The highest BCUT2D eigenvalue weighted by molar-refractivity contribution is 5.71. The summed E-state index contributed by atoms with van der Waals surface area (Å²) in [4.78, 5) is 24.5. The molecule has 0 spiro atoms. The fraction of sp³-hybridized carbons (Fsp3) is 0.818. The van der Waals surface area contributed by atoms with Crippen molar-refractivity contribution in [2.75, 3.05) is 0 Å². The molecule has 5 heteroatoms. The quantitative estimate of drug-likeness (QED) is 0.267. The number of ether oxygens (including phenoxy) is 1. The highest BCUT2D eigenvalue weighted by atomic mass is 16.5. The standard InChI is InChI=1S/C33H52O5/c1-19(2)20(3)10-11-22(29(36)37)28-25(35)18-33(9)24-12-13-26-30(5,6)27(38-21(4)34)15-16-31(26,7)23(24)14-17-32(28,33)8/h19,22,25-28,35H,3,10-18H2,1-2,4-9H3,(H,36,37)/t22-,25+,26-,27-,28-,31+,32+,33-/m0/s1. The van der Waals surface area contributed by atoms with Crippen LogP contribution in [0.4, 0.5) is 0 Å². The van der Waals surface area contributed by atoms with E-state index >= 15 is 0 Å². The molecule has 0 unspecified atom stereocenters. The first kappa shape index (κ1) is 29.4. The van der Waals surface area contributed by atoms with Gasteiger partial charge < -0.3 is 14.9 Å². The molecule has 5 nitrogen and oxygen atoms in total. The van der Waals surface area contributed by atoms with Crippen LogP contribution in [0.25, 0.3) is 0 Å². The van der Waals surface area contributed by atoms with E-state index in [1.165, 1.54) is 12.5 Å². The Morgan fingerprint density at radius 3 is 2.29 bits per heavy atom. The third kappa shape index (κ3) is 4.30. The van der Waals surface area contributed by atoms with E-state index in [0.717, 1.165) is 44.1 Å². The molecule has 4 aliphatic rings. The highest BCUT2D eigenvalue weighted by Crippen LogP contribution is 2.72. The number of aliphatic carboxylic acids is 1. The molecule has 0 aromatic carbocycles. The van der Waals surface area contributed by atoms with Gasteiger partial charge in [0.25, 0.3) is 0 Å². The maximum atomic E-state index is 12.6. The van der Waals surface area contributed by atoms with E-state index in [1.807, 2.05) is 0 Å². The van der Waals surface area contributed by atoms with Crippen LogP contribution < -0.4 is 0 Å². The molecule has 0 bridgehead atoms. The number of carbonyl (C=O) groups is 2. The van der Waals surface area contributed by atoms with Crippen LogP contribution in [-0.4, -0.2) is 34.4 Å². The first-order chi connectivity index (χ1) is 17.5. The fourth-order valence-corrected chi connectivity index (χ4v) is 9.98. The van der Waals surface area contributed by atoms with Crippen LogP contribution in [0, 0.1) is 45.3 Å². The number of carbonyl (C=O) groups excluding carboxylic acids is 1. The van der Waals surface area contributed by atoms with Crippen LogP contribution in [0.1, 0.15) is 113 Å². The van der Waals surface area contributed by atoms with Gasteiger partial charge in [0.1, 0.15) is 6.10 Å². The van der Waals surface area contributed by atoms with E-state index in [0.29, 0.717) is 31.1 Å². The SMILES string of the molecule is C=C(CC[C@H](C(=O)O)[C@H]1[C@H](O)C[C@@]2(C)C3=C(CC[C@]12C)[C@@]1(C)CC[C@H](OC(C)=O)C(C)(C)[C@@H]1CC3)C(C)C. The van der Waals surface area contributed by atoms with Gasteiger partial charge in [0, 0.05) is 18.3 Å². The van der Waals surface area contributed by atoms with E-state index in [4.69, 9.17) is 4.74 Å². The third-order valence-corrected chi connectivity index (χ3v) is 12.4. The van der Waals surface area contributed by atoms with Gasteiger partial charge in [-0.15, -0.1) is 0 Å². The van der Waals surface area contributed by atoms with Gasteiger partial charge in [-0.25, -0.2) is 0 Å². The predicted molar refractivity (Wildman–Crippen MR) is 150 cm³/mol. The predicted octanol–water partition coefficient (Wildman–Crippen LogP) is 7.33. The zero-order chi connectivity index (χ0) is 28.4. The molecular formula is C33H52O5. The second kappa shape index (κ2) is 9.78. The summed E-state index contributed by atoms with van der Waals surface area (Å²) < 4.78 is 5.82. The number of aliphatic hydroxyl groups is 1. The Labute approximate surface area is 230 Å². The summed E-state index contributed by atoms with van der Waals surface area (Å²) in [5, 5.41) is 22.0. The van der Waals surface area contributed by atoms with Crippen molar-refractivity contribution in [2.24, 2.45) is 45.3 Å². The molecular weight excluding hydrogens is 476 g/mol. The van der Waals surface area contributed by atoms with Gasteiger partial charge in [-0.2, -0.15) is 0 Å². The maximum absolute atomic E-state index is 12.6. The van der Waals surface area contributed by atoms with Crippen LogP contribution in [0.5, 0.6) is 0 Å². The summed E-state index contributed by atoms with van der Waals surface area (Å²) in [6.07, 6.45) is 6.98. The zero-order valence-corrected chi connectivity index (χ0v) is 25.2. The first-order valence-corrected chi connectivity index (χ1v) is 15.0. The lowest BCUT2D eigenvalue weighted by Crippen LogP contribution is -2.56. The summed E-state index contributed by atoms with van der Waals surface area (Å²) >= 11 is 0. The molecule has 38 heavy (non-hydrogen) atoms. The second-order valence-electron chi connectivity index (χ2n) is 14.8. The molecule has 0 heterocycles. The van der Waals surface area contributed by atoms with Gasteiger partial charge >= 0.3 is 11.9 Å². The van der Waals surface area contributed by atoms with Crippen LogP contribution >= 0.6 is 0 Å². The molecule has 0 radical (unpaired) electrons. The maximum Gasteiger partial charge on any atom is 0.306 e. The van der Waals surface area contributed by atoms with Crippen molar-refractivity contribution in [3.05, 3.63) is 23.3 Å². The van der Waals surface area contributed by atoms with Crippen molar-refractivity contribution < 1.29 is 24.5 Å². The van der Waals surface area contributed by atoms with Crippen LogP contribution in [0.15, 0.2) is 23.3 Å². The molecule has 4 aliphatic carbocycles. The molecule has 0 aromatic heterocycles. The van der Waals surface area contributed by atoms with Gasteiger partial charge in [0.2, 0.25) is 0 Å². The van der Waals surface area contributed by atoms with Crippen LogP contribution in [0.2, 0.25) is 0 Å². The molecule has 214 valence electrons. The molecule has 0 aliphatic heterocycles. The molecule has 0 amide bonds. The lowest BCUT2D eigenvalue weighted by molar-refractivity contribution is -0.167. The van der Waals surface area contributed by atoms with E-state index in [1.54, 1.807) is 5.57 Å². The Morgan fingerprint density at radius 2 is 1.71 bits per heavy atom. The van der Waals surface area contributed by atoms with Gasteiger partial charge in [0.05, 0.1) is 12.0 Å². The minimum Gasteiger partial charge on any atom is -0.481 e. The lowest BCUT2D eigenvalue weighted by atomic mass is 9.43. The monoisotopic (exact) mass is 528 g/mol. The van der Waals surface area contributed by atoms with Crippen molar-refractivity contribution in [1.29, 1.82) is 0 Å². The number of hydrogen-bond acceptors (Lipinski definition) is 4. The lowest BCUT2D eigenvalue weighted by Gasteiger charge is -2.62. The number of rotatable bonds is 7. The Balaban J connectivity index is 1.69. The number of allylic oxidation sites excluding steroid dienone is 3.